The molecule has 2 nitrogen and oxygen atoms in total. The molecular formula is C15H19BrN2. The lowest BCUT2D eigenvalue weighted by Crippen LogP contribution is -1.91. The van der Waals surface area contributed by atoms with E-state index in [1.807, 2.05) is 14.0 Å². The van der Waals surface area contributed by atoms with Gasteiger partial charge in [0.25, 0.3) is 0 Å². The molecule has 0 saturated carbocycles. The van der Waals surface area contributed by atoms with E-state index in [9.17, 15) is 0 Å². The highest BCUT2D eigenvalue weighted by atomic mass is 79.9. The van der Waals surface area contributed by atoms with Gasteiger partial charge >= 0.3 is 0 Å². The van der Waals surface area contributed by atoms with Gasteiger partial charge in [-0.05, 0) is 40.8 Å². The van der Waals surface area contributed by atoms with Crippen molar-refractivity contribution in [3.63, 3.8) is 0 Å². The van der Waals surface area contributed by atoms with Gasteiger partial charge in [0.15, 0.2) is 0 Å². The zero-order valence-electron chi connectivity index (χ0n) is 11.4. The van der Waals surface area contributed by atoms with Crippen LogP contribution in [0.5, 0.6) is 0 Å². The lowest BCUT2D eigenvalue weighted by molar-refractivity contribution is 0.734. The first kappa shape index (κ1) is 13.3. The van der Waals surface area contributed by atoms with Gasteiger partial charge in [0.1, 0.15) is 16.1 Å². The second-order valence-electron chi connectivity index (χ2n) is 4.79. The maximum Gasteiger partial charge on any atom is 0.112 e. The first-order valence-electron chi connectivity index (χ1n) is 6.33. The minimum atomic E-state index is 0.618. The number of benzene rings is 1. The molecule has 1 aromatic heterocycles. The SMILES string of the molecule is CCC(C)c1ccc(-c2nc(C)n(C)c2Br)cc1. The predicted molar refractivity (Wildman–Crippen MR) is 79.8 cm³/mol. The first-order chi connectivity index (χ1) is 8.54. The third-order valence-electron chi connectivity index (χ3n) is 3.61. The fraction of sp³-hybridized carbons (Fsp3) is 0.400. The molecule has 0 aliphatic rings. The molecule has 2 aromatic rings. The molecule has 18 heavy (non-hydrogen) atoms. The molecule has 2 rings (SSSR count). The summed E-state index contributed by atoms with van der Waals surface area (Å²) in [5.74, 6) is 1.64. The lowest BCUT2D eigenvalue weighted by Gasteiger charge is -2.09. The summed E-state index contributed by atoms with van der Waals surface area (Å²) in [5, 5.41) is 0. The van der Waals surface area contributed by atoms with Crippen LogP contribution >= 0.6 is 15.9 Å². The van der Waals surface area contributed by atoms with Gasteiger partial charge in [0, 0.05) is 12.6 Å². The summed E-state index contributed by atoms with van der Waals surface area (Å²) in [6.45, 7) is 6.49. The minimum Gasteiger partial charge on any atom is -0.326 e. The van der Waals surface area contributed by atoms with E-state index in [1.54, 1.807) is 0 Å². The molecule has 0 N–H and O–H groups in total. The monoisotopic (exact) mass is 306 g/mol. The van der Waals surface area contributed by atoms with Gasteiger partial charge in [0.05, 0.1) is 0 Å². The standard InChI is InChI=1S/C15H19BrN2/c1-5-10(2)12-6-8-13(9-7-12)14-15(16)18(4)11(3)17-14/h6-10H,5H2,1-4H3. The van der Waals surface area contributed by atoms with E-state index in [-0.39, 0.29) is 0 Å². The second kappa shape index (κ2) is 5.27. The van der Waals surface area contributed by atoms with Crippen LogP contribution in [0.4, 0.5) is 0 Å². The normalized spacial score (nSPS) is 12.7. The van der Waals surface area contributed by atoms with Crippen molar-refractivity contribution in [2.24, 2.45) is 7.05 Å². The third-order valence-corrected chi connectivity index (χ3v) is 4.52. The van der Waals surface area contributed by atoms with Gasteiger partial charge in [-0.15, -0.1) is 0 Å². The van der Waals surface area contributed by atoms with Crippen LogP contribution in [0.25, 0.3) is 11.3 Å². The number of nitrogens with zero attached hydrogens (tertiary/aromatic N) is 2. The Morgan fingerprint density at radius 2 is 1.89 bits per heavy atom. The number of imidazole rings is 1. The van der Waals surface area contributed by atoms with Crippen LogP contribution in [-0.4, -0.2) is 9.55 Å². The third kappa shape index (κ3) is 2.37. The zero-order valence-corrected chi connectivity index (χ0v) is 13.0. The second-order valence-corrected chi connectivity index (χ2v) is 5.54. The predicted octanol–water partition coefficient (Wildman–Crippen LogP) is 4.67. The molecule has 0 saturated heterocycles. The highest BCUT2D eigenvalue weighted by molar-refractivity contribution is 9.10. The summed E-state index contributed by atoms with van der Waals surface area (Å²) in [6, 6.07) is 8.74. The highest BCUT2D eigenvalue weighted by Gasteiger charge is 2.12. The van der Waals surface area contributed by atoms with Crippen molar-refractivity contribution in [3.05, 3.63) is 40.3 Å². The van der Waals surface area contributed by atoms with Crippen LogP contribution in [0.1, 0.15) is 37.6 Å². The molecule has 0 radical (unpaired) electrons. The van der Waals surface area contributed by atoms with E-state index in [0.29, 0.717) is 5.92 Å². The van der Waals surface area contributed by atoms with Gasteiger partial charge in [0.2, 0.25) is 0 Å². The van der Waals surface area contributed by atoms with Gasteiger partial charge in [-0.25, -0.2) is 4.98 Å². The van der Waals surface area contributed by atoms with Gasteiger partial charge in [-0.1, -0.05) is 38.1 Å². The number of halogens is 1. The number of aromatic nitrogens is 2. The average Bonchev–Trinajstić information content (AvgIpc) is 2.66. The molecule has 96 valence electrons. The topological polar surface area (TPSA) is 17.8 Å². The Bertz CT molecular complexity index is 540. The van der Waals surface area contributed by atoms with E-state index in [0.717, 1.165) is 21.7 Å². The fourth-order valence-electron chi connectivity index (χ4n) is 1.97. The molecule has 0 bridgehead atoms. The van der Waals surface area contributed by atoms with Crippen LogP contribution in [-0.2, 0) is 7.05 Å². The quantitative estimate of drug-likeness (QED) is 0.805. The molecule has 0 spiro atoms. The average molecular weight is 307 g/mol. The molecule has 1 aromatic carbocycles. The highest BCUT2D eigenvalue weighted by Crippen LogP contribution is 2.29. The first-order valence-corrected chi connectivity index (χ1v) is 7.13. The van der Waals surface area contributed by atoms with E-state index in [2.05, 4.69) is 63.6 Å². The van der Waals surface area contributed by atoms with E-state index in [1.165, 1.54) is 12.0 Å². The minimum absolute atomic E-state index is 0.618. The van der Waals surface area contributed by atoms with Crippen molar-refractivity contribution in [3.8, 4) is 11.3 Å². The van der Waals surface area contributed by atoms with E-state index < -0.39 is 0 Å². The maximum absolute atomic E-state index is 4.59. The smallest absolute Gasteiger partial charge is 0.112 e. The Morgan fingerprint density at radius 3 is 2.33 bits per heavy atom. The van der Waals surface area contributed by atoms with Gasteiger partial charge in [-0.2, -0.15) is 0 Å². The van der Waals surface area contributed by atoms with Crippen molar-refractivity contribution in [2.45, 2.75) is 33.1 Å². The summed E-state index contributed by atoms with van der Waals surface area (Å²) in [7, 11) is 2.02. The number of rotatable bonds is 3. The number of hydrogen-bond donors (Lipinski definition) is 0. The number of hydrogen-bond acceptors (Lipinski definition) is 1. The Hall–Kier alpha value is -1.09. The van der Waals surface area contributed by atoms with Crippen molar-refractivity contribution in [2.75, 3.05) is 0 Å². The fourth-order valence-corrected chi connectivity index (χ4v) is 2.55. The Balaban J connectivity index is 2.37. The van der Waals surface area contributed by atoms with Crippen LogP contribution in [0.15, 0.2) is 28.9 Å². The molecule has 3 heteroatoms. The Morgan fingerprint density at radius 1 is 1.28 bits per heavy atom. The van der Waals surface area contributed by atoms with Crippen molar-refractivity contribution in [1.29, 1.82) is 0 Å². The molecule has 1 unspecified atom stereocenters. The molecule has 0 aliphatic carbocycles. The Kier molecular flexibility index (Phi) is 3.91. The van der Waals surface area contributed by atoms with Crippen LogP contribution in [0.2, 0.25) is 0 Å². The molecule has 0 amide bonds. The summed E-state index contributed by atoms with van der Waals surface area (Å²) in [5.41, 5.74) is 3.58. The molecule has 0 aliphatic heterocycles. The maximum atomic E-state index is 4.59. The lowest BCUT2D eigenvalue weighted by atomic mass is 9.97. The largest absolute Gasteiger partial charge is 0.326 e. The molecular weight excluding hydrogens is 288 g/mol. The van der Waals surface area contributed by atoms with Crippen LogP contribution in [0.3, 0.4) is 0 Å². The van der Waals surface area contributed by atoms with E-state index in [4.69, 9.17) is 0 Å². The Labute approximate surface area is 117 Å². The van der Waals surface area contributed by atoms with Gasteiger partial charge < -0.3 is 4.57 Å². The summed E-state index contributed by atoms with van der Waals surface area (Å²) < 4.78 is 3.09. The number of aryl methyl sites for hydroxylation is 1. The van der Waals surface area contributed by atoms with E-state index >= 15 is 0 Å². The van der Waals surface area contributed by atoms with Crippen LogP contribution in [0, 0.1) is 6.92 Å². The van der Waals surface area contributed by atoms with Crippen molar-refractivity contribution >= 4 is 15.9 Å². The van der Waals surface area contributed by atoms with Crippen LogP contribution < -0.4 is 0 Å². The molecule has 1 heterocycles. The summed E-state index contributed by atoms with van der Waals surface area (Å²) in [6.07, 6.45) is 1.17. The molecule has 0 fully saturated rings. The van der Waals surface area contributed by atoms with Crippen molar-refractivity contribution in [1.82, 2.24) is 9.55 Å². The van der Waals surface area contributed by atoms with Gasteiger partial charge in [-0.3, -0.25) is 0 Å². The zero-order chi connectivity index (χ0) is 13.3. The van der Waals surface area contributed by atoms with Crippen molar-refractivity contribution < 1.29 is 0 Å². The summed E-state index contributed by atoms with van der Waals surface area (Å²) in [4.78, 5) is 4.59. The summed E-state index contributed by atoms with van der Waals surface area (Å²) >= 11 is 3.60. The molecule has 1 atom stereocenters.